The number of aromatic nitrogens is 2. The number of ether oxygens (including phenoxy) is 2. The Labute approximate surface area is 211 Å². The summed E-state index contributed by atoms with van der Waals surface area (Å²) in [4.78, 5) is 15.7. The molecule has 0 saturated heterocycles. The third-order valence-corrected chi connectivity index (χ3v) is 5.96. The lowest BCUT2D eigenvalue weighted by Crippen LogP contribution is -2.11. The number of hydrogen-bond donors (Lipinski definition) is 1. The molecule has 0 atom stereocenters. The molecule has 0 aliphatic heterocycles. The zero-order chi connectivity index (χ0) is 25.7. The standard InChI is InChI=1S/C29H34N2O5/c1-5-7-21-16-22(28-30-26(19-36-28)29(2,3)4)8-11-25(21)35-15-6-14-34-23-9-10-24-20(17-23)12-13-31(24)18-27(32)33/h8-13,16-17,19H,5-7,14-15,18H2,1-4H3,(H,32,33). The molecule has 190 valence electrons. The second-order valence-corrected chi connectivity index (χ2v) is 9.97. The minimum absolute atomic E-state index is 0.0575. The predicted molar refractivity (Wildman–Crippen MR) is 140 cm³/mol. The van der Waals surface area contributed by atoms with Crippen molar-refractivity contribution in [2.75, 3.05) is 13.2 Å². The molecule has 0 unspecified atom stereocenters. The molecule has 2 aromatic carbocycles. The van der Waals surface area contributed by atoms with E-state index in [1.165, 1.54) is 0 Å². The molecule has 4 aromatic rings. The lowest BCUT2D eigenvalue weighted by Gasteiger charge is -2.13. The molecule has 0 amide bonds. The van der Waals surface area contributed by atoms with Gasteiger partial charge in [-0.15, -0.1) is 0 Å². The predicted octanol–water partition coefficient (Wildman–Crippen LogP) is 6.48. The molecule has 7 nitrogen and oxygen atoms in total. The Bertz CT molecular complexity index is 1330. The third-order valence-electron chi connectivity index (χ3n) is 5.96. The highest BCUT2D eigenvalue weighted by Crippen LogP contribution is 2.30. The summed E-state index contributed by atoms with van der Waals surface area (Å²) in [5, 5.41) is 9.98. The minimum Gasteiger partial charge on any atom is -0.493 e. The van der Waals surface area contributed by atoms with E-state index in [2.05, 4.69) is 38.7 Å². The Balaban J connectivity index is 1.32. The Morgan fingerprint density at radius 1 is 1.08 bits per heavy atom. The number of carboxylic acids is 1. The van der Waals surface area contributed by atoms with Crippen LogP contribution in [0.2, 0.25) is 0 Å². The van der Waals surface area contributed by atoms with Crippen molar-refractivity contribution in [3.8, 4) is 23.0 Å². The van der Waals surface area contributed by atoms with Crippen LogP contribution in [-0.2, 0) is 23.2 Å². The van der Waals surface area contributed by atoms with E-state index in [0.717, 1.165) is 58.5 Å². The number of carboxylic acid groups (broad SMARTS) is 1. The average molecular weight is 491 g/mol. The van der Waals surface area contributed by atoms with Gasteiger partial charge in [-0.3, -0.25) is 4.79 Å². The van der Waals surface area contributed by atoms with Crippen LogP contribution in [0.5, 0.6) is 11.5 Å². The van der Waals surface area contributed by atoms with E-state index in [4.69, 9.17) is 19.0 Å². The van der Waals surface area contributed by atoms with Gasteiger partial charge in [0.05, 0.1) is 18.9 Å². The van der Waals surface area contributed by atoms with Crippen molar-refractivity contribution < 1.29 is 23.8 Å². The van der Waals surface area contributed by atoms with Crippen molar-refractivity contribution >= 4 is 16.9 Å². The van der Waals surface area contributed by atoms with E-state index >= 15 is 0 Å². The Morgan fingerprint density at radius 3 is 2.61 bits per heavy atom. The molecule has 0 spiro atoms. The molecule has 0 aliphatic rings. The first-order chi connectivity index (χ1) is 17.2. The van der Waals surface area contributed by atoms with Crippen LogP contribution >= 0.6 is 0 Å². The van der Waals surface area contributed by atoms with Gasteiger partial charge < -0.3 is 23.6 Å². The average Bonchev–Trinajstić information content (AvgIpc) is 3.47. The Kier molecular flexibility index (Phi) is 7.67. The number of rotatable bonds is 11. The monoisotopic (exact) mass is 490 g/mol. The van der Waals surface area contributed by atoms with Crippen molar-refractivity contribution in [2.24, 2.45) is 0 Å². The van der Waals surface area contributed by atoms with Gasteiger partial charge in [-0.1, -0.05) is 34.1 Å². The van der Waals surface area contributed by atoms with E-state index < -0.39 is 5.97 Å². The number of oxazole rings is 1. The molecule has 0 bridgehead atoms. The van der Waals surface area contributed by atoms with Crippen LogP contribution in [-0.4, -0.2) is 33.8 Å². The summed E-state index contributed by atoms with van der Waals surface area (Å²) in [7, 11) is 0. The quantitative estimate of drug-likeness (QED) is 0.242. The van der Waals surface area contributed by atoms with Crippen molar-refractivity contribution in [3.63, 3.8) is 0 Å². The second-order valence-electron chi connectivity index (χ2n) is 9.97. The number of benzene rings is 2. The van der Waals surface area contributed by atoms with E-state index in [-0.39, 0.29) is 12.0 Å². The van der Waals surface area contributed by atoms with Crippen LogP contribution in [0.15, 0.2) is 59.3 Å². The van der Waals surface area contributed by atoms with Crippen molar-refractivity contribution in [1.29, 1.82) is 0 Å². The number of carbonyl (C=O) groups is 1. The maximum Gasteiger partial charge on any atom is 0.323 e. The van der Waals surface area contributed by atoms with Crippen molar-refractivity contribution in [2.45, 2.75) is 58.9 Å². The largest absolute Gasteiger partial charge is 0.493 e. The summed E-state index contributed by atoms with van der Waals surface area (Å²) in [5.41, 5.74) is 3.85. The smallest absolute Gasteiger partial charge is 0.323 e. The van der Waals surface area contributed by atoms with Crippen LogP contribution in [0.25, 0.3) is 22.4 Å². The molecule has 2 heterocycles. The normalized spacial score (nSPS) is 11.7. The van der Waals surface area contributed by atoms with E-state index in [9.17, 15) is 4.79 Å². The fourth-order valence-corrected chi connectivity index (χ4v) is 4.05. The van der Waals surface area contributed by atoms with Gasteiger partial charge in [0.25, 0.3) is 0 Å². The summed E-state index contributed by atoms with van der Waals surface area (Å²) in [5.74, 6) is 1.40. The summed E-state index contributed by atoms with van der Waals surface area (Å²) in [6.07, 6.45) is 6.18. The zero-order valence-corrected chi connectivity index (χ0v) is 21.4. The molecular weight excluding hydrogens is 456 g/mol. The van der Waals surface area contributed by atoms with Crippen LogP contribution in [0.1, 0.15) is 51.8 Å². The van der Waals surface area contributed by atoms with Gasteiger partial charge in [0, 0.05) is 34.5 Å². The van der Waals surface area contributed by atoms with E-state index in [0.29, 0.717) is 19.1 Å². The molecular formula is C29H34N2O5. The minimum atomic E-state index is -0.864. The number of aliphatic carboxylic acids is 1. The Morgan fingerprint density at radius 2 is 1.89 bits per heavy atom. The van der Waals surface area contributed by atoms with Gasteiger partial charge in [-0.05, 0) is 54.4 Å². The molecule has 0 fully saturated rings. The highest BCUT2D eigenvalue weighted by molar-refractivity contribution is 5.83. The first-order valence-corrected chi connectivity index (χ1v) is 12.4. The van der Waals surface area contributed by atoms with Gasteiger partial charge in [0.15, 0.2) is 0 Å². The summed E-state index contributed by atoms with van der Waals surface area (Å²) in [6, 6.07) is 13.7. The van der Waals surface area contributed by atoms with Gasteiger partial charge >= 0.3 is 5.97 Å². The van der Waals surface area contributed by atoms with Crippen molar-refractivity contribution in [3.05, 3.63) is 66.2 Å². The SMILES string of the molecule is CCCc1cc(-c2nc(C(C)(C)C)co2)ccc1OCCCOc1ccc2c(ccn2CC(=O)O)c1. The third kappa shape index (κ3) is 6.08. The summed E-state index contributed by atoms with van der Waals surface area (Å²) >= 11 is 0. The molecule has 1 N–H and O–H groups in total. The highest BCUT2D eigenvalue weighted by atomic mass is 16.5. The molecule has 4 rings (SSSR count). The first kappa shape index (κ1) is 25.4. The first-order valence-electron chi connectivity index (χ1n) is 12.4. The number of nitrogens with zero attached hydrogens (tertiary/aromatic N) is 2. The molecule has 0 radical (unpaired) electrons. The molecule has 7 heteroatoms. The van der Waals surface area contributed by atoms with Gasteiger partial charge in [-0.25, -0.2) is 4.98 Å². The van der Waals surface area contributed by atoms with E-state index in [1.54, 1.807) is 17.0 Å². The lowest BCUT2D eigenvalue weighted by molar-refractivity contribution is -0.137. The number of hydrogen-bond acceptors (Lipinski definition) is 5. The van der Waals surface area contributed by atoms with Gasteiger partial charge in [-0.2, -0.15) is 0 Å². The molecule has 0 aliphatic carbocycles. The zero-order valence-electron chi connectivity index (χ0n) is 21.4. The van der Waals surface area contributed by atoms with Gasteiger partial charge in [0.1, 0.15) is 24.3 Å². The van der Waals surface area contributed by atoms with Crippen molar-refractivity contribution in [1.82, 2.24) is 9.55 Å². The van der Waals surface area contributed by atoms with Crippen LogP contribution in [0, 0.1) is 0 Å². The molecule has 36 heavy (non-hydrogen) atoms. The fourth-order valence-electron chi connectivity index (χ4n) is 4.05. The highest BCUT2D eigenvalue weighted by Gasteiger charge is 2.19. The summed E-state index contributed by atoms with van der Waals surface area (Å²) in [6.45, 7) is 9.52. The van der Waals surface area contributed by atoms with Crippen LogP contribution < -0.4 is 9.47 Å². The van der Waals surface area contributed by atoms with Crippen LogP contribution in [0.3, 0.4) is 0 Å². The maximum atomic E-state index is 11.0. The molecule has 2 aromatic heterocycles. The second kappa shape index (κ2) is 10.9. The lowest BCUT2D eigenvalue weighted by atomic mass is 9.93. The fraction of sp³-hybridized carbons (Fsp3) is 0.379. The number of aryl methyl sites for hydroxylation is 1. The number of fused-ring (bicyclic) bond motifs is 1. The maximum absolute atomic E-state index is 11.0. The van der Waals surface area contributed by atoms with Crippen LogP contribution in [0.4, 0.5) is 0 Å². The Hall–Kier alpha value is -3.74. The van der Waals surface area contributed by atoms with E-state index in [1.807, 2.05) is 36.4 Å². The summed E-state index contributed by atoms with van der Waals surface area (Å²) < 4.78 is 19.5. The molecule has 0 saturated carbocycles. The van der Waals surface area contributed by atoms with Gasteiger partial charge in [0.2, 0.25) is 5.89 Å². The topological polar surface area (TPSA) is 86.7 Å².